The van der Waals surface area contributed by atoms with E-state index in [1.807, 2.05) is 35.0 Å². The highest BCUT2D eigenvalue weighted by atomic mass is 32.1. The Morgan fingerprint density at radius 1 is 0.840 bits per heavy atom. The van der Waals surface area contributed by atoms with Crippen molar-refractivity contribution in [3.8, 4) is 0 Å². The second kappa shape index (κ2) is 8.18. The maximum absolute atomic E-state index is 11.9. The summed E-state index contributed by atoms with van der Waals surface area (Å²) >= 11 is 2.99. The molecule has 0 saturated heterocycles. The van der Waals surface area contributed by atoms with Crippen LogP contribution >= 0.6 is 22.7 Å². The van der Waals surface area contributed by atoms with Crippen molar-refractivity contribution in [3.63, 3.8) is 0 Å². The molecule has 126 valence electrons. The van der Waals surface area contributed by atoms with E-state index in [1.165, 1.54) is 47.2 Å². The first kappa shape index (κ1) is 16.8. The van der Waals surface area contributed by atoms with Gasteiger partial charge in [0.2, 0.25) is 0 Å². The lowest BCUT2D eigenvalue weighted by Gasteiger charge is -1.96. The highest BCUT2D eigenvalue weighted by Crippen LogP contribution is 2.09. The summed E-state index contributed by atoms with van der Waals surface area (Å²) < 4.78 is 5.22. The Labute approximate surface area is 150 Å². The Morgan fingerprint density at radius 2 is 1.32 bits per heavy atom. The van der Waals surface area contributed by atoms with Crippen LogP contribution in [0.3, 0.4) is 0 Å². The van der Waals surface area contributed by atoms with Gasteiger partial charge in [-0.3, -0.25) is 9.59 Å². The molecule has 0 spiro atoms. The lowest BCUT2D eigenvalue weighted by Crippen LogP contribution is -2.18. The van der Waals surface area contributed by atoms with Gasteiger partial charge in [0.25, 0.3) is 0 Å². The number of hydrazone groups is 2. The van der Waals surface area contributed by atoms with Crippen molar-refractivity contribution in [3.05, 3.63) is 68.4 Å². The fraction of sp³-hybridized carbons (Fsp3) is 0. The summed E-state index contributed by atoms with van der Waals surface area (Å²) in [5.74, 6) is -1.13. The van der Waals surface area contributed by atoms with Gasteiger partial charge in [0.1, 0.15) is 0 Å². The van der Waals surface area contributed by atoms with Crippen molar-refractivity contribution in [1.29, 1.82) is 0 Å². The molecule has 3 rings (SSSR count). The molecule has 3 heterocycles. The highest BCUT2D eigenvalue weighted by Gasteiger charge is 2.15. The molecule has 0 atom stereocenters. The van der Waals surface area contributed by atoms with Crippen LogP contribution in [0.25, 0.3) is 0 Å². The Balaban J connectivity index is 1.54. The predicted molar refractivity (Wildman–Crippen MR) is 97.5 cm³/mol. The summed E-state index contributed by atoms with van der Waals surface area (Å²) in [6.45, 7) is 0. The number of carbonyl (C=O) groups is 2. The molecule has 3 aromatic rings. The van der Waals surface area contributed by atoms with Crippen LogP contribution in [0.2, 0.25) is 0 Å². The standard InChI is InChI=1S/C16H12N4O3S2/c21-15(19-17-9-11-3-1-7-24-11)13-5-6-14(23-13)16(22)20-18-10-12-4-2-8-25-12/h1-10H,(H,19,21)(H,20,22)/b17-9-,18-10-. The Kier molecular flexibility index (Phi) is 5.50. The minimum atomic E-state index is -0.547. The molecule has 2 amide bonds. The Bertz CT molecular complexity index is 823. The second-order valence-electron chi connectivity index (χ2n) is 4.59. The van der Waals surface area contributed by atoms with Gasteiger partial charge in [-0.15, -0.1) is 22.7 Å². The summed E-state index contributed by atoms with van der Waals surface area (Å²) in [6.07, 6.45) is 3.05. The van der Waals surface area contributed by atoms with Crippen LogP contribution in [0, 0.1) is 0 Å². The van der Waals surface area contributed by atoms with Crippen LogP contribution in [-0.4, -0.2) is 24.2 Å². The van der Waals surface area contributed by atoms with Gasteiger partial charge in [0.15, 0.2) is 11.5 Å². The van der Waals surface area contributed by atoms with Crippen LogP contribution in [0.4, 0.5) is 0 Å². The van der Waals surface area contributed by atoms with Gasteiger partial charge in [0.05, 0.1) is 12.4 Å². The molecule has 0 saturated carbocycles. The summed E-state index contributed by atoms with van der Waals surface area (Å²) in [7, 11) is 0. The number of nitrogens with one attached hydrogen (secondary N) is 2. The largest absolute Gasteiger partial charge is 0.446 e. The molecular weight excluding hydrogens is 360 g/mol. The molecule has 0 aliphatic heterocycles. The number of thiophene rings is 2. The monoisotopic (exact) mass is 372 g/mol. The molecule has 2 N–H and O–H groups in total. The third-order valence-electron chi connectivity index (χ3n) is 2.86. The normalized spacial score (nSPS) is 11.2. The predicted octanol–water partition coefficient (Wildman–Crippen LogP) is 2.93. The van der Waals surface area contributed by atoms with Crippen LogP contribution in [0.1, 0.15) is 30.9 Å². The first-order chi connectivity index (χ1) is 12.2. The molecule has 0 aromatic carbocycles. The maximum atomic E-state index is 11.9. The molecule has 7 nitrogen and oxygen atoms in total. The van der Waals surface area contributed by atoms with Gasteiger partial charge in [-0.1, -0.05) is 12.1 Å². The smallest absolute Gasteiger partial charge is 0.307 e. The van der Waals surface area contributed by atoms with Crippen molar-refractivity contribution in [2.24, 2.45) is 10.2 Å². The van der Waals surface area contributed by atoms with Gasteiger partial charge >= 0.3 is 11.8 Å². The van der Waals surface area contributed by atoms with Gasteiger partial charge in [-0.25, -0.2) is 10.9 Å². The van der Waals surface area contributed by atoms with Crippen LogP contribution in [0.15, 0.2) is 61.8 Å². The topological polar surface area (TPSA) is 96.1 Å². The molecule has 25 heavy (non-hydrogen) atoms. The molecule has 3 aromatic heterocycles. The average molecular weight is 372 g/mol. The van der Waals surface area contributed by atoms with Crippen molar-refractivity contribution in [1.82, 2.24) is 10.9 Å². The van der Waals surface area contributed by atoms with Crippen LogP contribution in [0.5, 0.6) is 0 Å². The fourth-order valence-corrected chi connectivity index (χ4v) is 2.90. The third kappa shape index (κ3) is 4.72. The first-order valence-corrected chi connectivity index (χ1v) is 8.82. The number of nitrogens with zero attached hydrogens (tertiary/aromatic N) is 2. The number of hydrogen-bond donors (Lipinski definition) is 2. The molecule has 0 fully saturated rings. The fourth-order valence-electron chi connectivity index (χ4n) is 1.73. The Morgan fingerprint density at radius 3 is 1.72 bits per heavy atom. The minimum Gasteiger partial charge on any atom is -0.446 e. The van der Waals surface area contributed by atoms with E-state index in [-0.39, 0.29) is 11.5 Å². The Hall–Kier alpha value is -3.04. The first-order valence-electron chi connectivity index (χ1n) is 7.06. The molecule has 0 aliphatic carbocycles. The van der Waals surface area contributed by atoms with E-state index in [0.717, 1.165) is 9.75 Å². The summed E-state index contributed by atoms with van der Waals surface area (Å²) in [6, 6.07) is 10.3. The molecular formula is C16H12N4O3S2. The van der Waals surface area contributed by atoms with E-state index in [9.17, 15) is 9.59 Å². The van der Waals surface area contributed by atoms with Crippen molar-refractivity contribution in [2.75, 3.05) is 0 Å². The van der Waals surface area contributed by atoms with Crippen LogP contribution in [-0.2, 0) is 0 Å². The quantitative estimate of drug-likeness (QED) is 0.514. The van der Waals surface area contributed by atoms with Gasteiger partial charge in [0, 0.05) is 9.75 Å². The number of carbonyl (C=O) groups excluding carboxylic acids is 2. The number of furan rings is 1. The lowest BCUT2D eigenvalue weighted by molar-refractivity contribution is 0.0902. The number of hydrogen-bond acceptors (Lipinski definition) is 7. The van der Waals surface area contributed by atoms with Gasteiger partial charge in [-0.2, -0.15) is 10.2 Å². The van der Waals surface area contributed by atoms with E-state index < -0.39 is 11.8 Å². The minimum absolute atomic E-state index is 0.0179. The summed E-state index contributed by atoms with van der Waals surface area (Å²) in [5.41, 5.74) is 4.67. The summed E-state index contributed by atoms with van der Waals surface area (Å²) in [5, 5.41) is 11.5. The number of amides is 2. The lowest BCUT2D eigenvalue weighted by atomic mass is 10.4. The maximum Gasteiger partial charge on any atom is 0.307 e. The zero-order valence-electron chi connectivity index (χ0n) is 12.7. The van der Waals surface area contributed by atoms with Crippen LogP contribution < -0.4 is 10.9 Å². The second-order valence-corrected chi connectivity index (χ2v) is 6.55. The molecule has 0 radical (unpaired) electrons. The molecule has 0 aliphatic rings. The average Bonchev–Trinajstić information content (AvgIpc) is 3.36. The van der Waals surface area contributed by atoms with Crippen molar-refractivity contribution in [2.45, 2.75) is 0 Å². The van der Waals surface area contributed by atoms with Gasteiger partial charge < -0.3 is 4.42 Å². The van der Waals surface area contributed by atoms with E-state index in [2.05, 4.69) is 21.1 Å². The molecule has 0 unspecified atom stereocenters. The molecule has 0 bridgehead atoms. The van der Waals surface area contributed by atoms with Crippen molar-refractivity contribution >= 4 is 46.9 Å². The molecule has 9 heteroatoms. The van der Waals surface area contributed by atoms with E-state index in [1.54, 1.807) is 0 Å². The third-order valence-corrected chi connectivity index (χ3v) is 4.47. The SMILES string of the molecule is O=C(N/N=C\c1cccs1)c1ccc(C(=O)N/N=C\c2cccs2)o1. The van der Waals surface area contributed by atoms with E-state index in [4.69, 9.17) is 4.42 Å². The number of rotatable bonds is 6. The summed E-state index contributed by atoms with van der Waals surface area (Å²) in [4.78, 5) is 25.6. The zero-order chi connectivity index (χ0) is 17.5. The van der Waals surface area contributed by atoms with E-state index in [0.29, 0.717) is 0 Å². The van der Waals surface area contributed by atoms with Gasteiger partial charge in [-0.05, 0) is 35.0 Å². The zero-order valence-corrected chi connectivity index (χ0v) is 14.3. The highest BCUT2D eigenvalue weighted by molar-refractivity contribution is 7.12. The van der Waals surface area contributed by atoms with E-state index >= 15 is 0 Å². The van der Waals surface area contributed by atoms with Crippen molar-refractivity contribution < 1.29 is 14.0 Å².